The highest BCUT2D eigenvalue weighted by Crippen LogP contribution is 2.00. The highest BCUT2D eigenvalue weighted by molar-refractivity contribution is 5.88. The van der Waals surface area contributed by atoms with Crippen LogP contribution in [0.5, 0.6) is 0 Å². The molecule has 0 bridgehead atoms. The third-order valence-electron chi connectivity index (χ3n) is 3.22. The number of amides is 3. The van der Waals surface area contributed by atoms with Gasteiger partial charge in [0.15, 0.2) is 0 Å². The summed E-state index contributed by atoms with van der Waals surface area (Å²) in [6.07, 6.45) is 4.42. The fourth-order valence-corrected chi connectivity index (χ4v) is 1.85. The van der Waals surface area contributed by atoms with Gasteiger partial charge in [-0.2, -0.15) is 0 Å². The Morgan fingerprint density at radius 1 is 1.11 bits per heavy atom. The van der Waals surface area contributed by atoms with Crippen molar-refractivity contribution >= 4 is 23.9 Å². The Balaban J connectivity index is 2.41. The van der Waals surface area contributed by atoms with Gasteiger partial charge >= 0.3 is 12.1 Å². The van der Waals surface area contributed by atoms with Crippen molar-refractivity contribution in [1.82, 2.24) is 15.5 Å². The number of nitrogens with zero attached hydrogens (tertiary/aromatic N) is 1. The van der Waals surface area contributed by atoms with Crippen molar-refractivity contribution in [3.05, 3.63) is 35.9 Å². The molecule has 0 saturated heterocycles. The molecule has 2 N–H and O–H groups in total. The van der Waals surface area contributed by atoms with Crippen LogP contribution in [0, 0.1) is 12.3 Å². The van der Waals surface area contributed by atoms with E-state index in [1.165, 1.54) is 7.11 Å². The van der Waals surface area contributed by atoms with Crippen molar-refractivity contribution < 1.29 is 28.7 Å². The summed E-state index contributed by atoms with van der Waals surface area (Å²) >= 11 is 0. The Hall–Kier alpha value is -3.54. The monoisotopic (exact) mass is 375 g/mol. The first-order valence-electron chi connectivity index (χ1n) is 7.95. The molecule has 0 spiro atoms. The van der Waals surface area contributed by atoms with E-state index in [4.69, 9.17) is 11.2 Å². The number of ether oxygens (including phenoxy) is 2. The van der Waals surface area contributed by atoms with E-state index in [1.54, 1.807) is 12.1 Å². The van der Waals surface area contributed by atoms with E-state index >= 15 is 0 Å². The minimum Gasteiger partial charge on any atom is -0.468 e. The van der Waals surface area contributed by atoms with Gasteiger partial charge in [-0.3, -0.25) is 14.4 Å². The molecule has 1 aromatic carbocycles. The summed E-state index contributed by atoms with van der Waals surface area (Å²) in [5.74, 6) is 0.471. The van der Waals surface area contributed by atoms with Crippen LogP contribution in [0.25, 0.3) is 0 Å². The number of hydrogen-bond donors (Lipinski definition) is 2. The second-order valence-corrected chi connectivity index (χ2v) is 5.22. The van der Waals surface area contributed by atoms with Crippen LogP contribution in [0.2, 0.25) is 0 Å². The molecule has 1 aromatic rings. The largest absolute Gasteiger partial charge is 0.468 e. The van der Waals surface area contributed by atoms with Crippen LogP contribution in [0.15, 0.2) is 30.3 Å². The number of hydrogen-bond acceptors (Lipinski definition) is 6. The normalized spacial score (nSPS) is 9.48. The lowest BCUT2D eigenvalue weighted by Gasteiger charge is -2.19. The molecule has 9 nitrogen and oxygen atoms in total. The van der Waals surface area contributed by atoms with Crippen LogP contribution in [0.1, 0.15) is 5.56 Å². The average Bonchev–Trinajstić information content (AvgIpc) is 2.69. The summed E-state index contributed by atoms with van der Waals surface area (Å²) in [7, 11) is 1.19. The molecule has 0 atom stereocenters. The lowest BCUT2D eigenvalue weighted by molar-refractivity contribution is -0.141. The van der Waals surface area contributed by atoms with Gasteiger partial charge in [0, 0.05) is 0 Å². The Kier molecular flexibility index (Phi) is 9.49. The van der Waals surface area contributed by atoms with Gasteiger partial charge in [-0.15, -0.1) is 6.42 Å². The Bertz CT molecular complexity index is 699. The highest BCUT2D eigenvalue weighted by Gasteiger charge is 2.18. The minimum absolute atomic E-state index is 0.0604. The van der Waals surface area contributed by atoms with Crippen molar-refractivity contribution in [3.8, 4) is 12.3 Å². The molecule has 0 aliphatic carbocycles. The summed E-state index contributed by atoms with van der Waals surface area (Å²) < 4.78 is 9.38. The van der Waals surface area contributed by atoms with Gasteiger partial charge in [-0.25, -0.2) is 4.79 Å². The SMILES string of the molecule is C#CCN(CC(=O)NCC(=O)OC)C(=O)CNC(=O)OCc1ccccc1. The summed E-state index contributed by atoms with van der Waals surface area (Å²) in [4.78, 5) is 47.6. The molecule has 3 amide bonds. The topological polar surface area (TPSA) is 114 Å². The Labute approximate surface area is 157 Å². The first-order chi connectivity index (χ1) is 13.0. The maximum atomic E-state index is 12.1. The number of esters is 1. The zero-order chi connectivity index (χ0) is 20.1. The van der Waals surface area contributed by atoms with E-state index in [2.05, 4.69) is 21.3 Å². The van der Waals surface area contributed by atoms with E-state index in [0.717, 1.165) is 10.5 Å². The molecule has 0 saturated carbocycles. The van der Waals surface area contributed by atoms with Crippen molar-refractivity contribution in [3.63, 3.8) is 0 Å². The van der Waals surface area contributed by atoms with Crippen LogP contribution < -0.4 is 10.6 Å². The number of terminal acetylenes is 1. The fraction of sp³-hybridized carbons (Fsp3) is 0.333. The molecule has 9 heteroatoms. The molecule has 0 unspecified atom stereocenters. The summed E-state index contributed by atoms with van der Waals surface area (Å²) in [5, 5.41) is 4.59. The second-order valence-electron chi connectivity index (χ2n) is 5.22. The van der Waals surface area contributed by atoms with E-state index < -0.39 is 23.9 Å². The highest BCUT2D eigenvalue weighted by atomic mass is 16.5. The van der Waals surface area contributed by atoms with Crippen LogP contribution >= 0.6 is 0 Å². The van der Waals surface area contributed by atoms with Gasteiger partial charge in [0.25, 0.3) is 0 Å². The number of carbonyl (C=O) groups is 4. The van der Waals surface area contributed by atoms with Crippen molar-refractivity contribution in [1.29, 1.82) is 0 Å². The molecule has 0 aromatic heterocycles. The van der Waals surface area contributed by atoms with E-state index in [-0.39, 0.29) is 32.8 Å². The summed E-state index contributed by atoms with van der Waals surface area (Å²) in [6, 6.07) is 9.04. The number of carbonyl (C=O) groups excluding carboxylic acids is 4. The minimum atomic E-state index is -0.775. The standard InChI is InChI=1S/C18H21N3O6/c1-3-9-21(12-15(22)19-11-17(24)26-2)16(23)10-20-18(25)27-13-14-7-5-4-6-8-14/h1,4-8H,9-13H2,2H3,(H,19,22)(H,20,25). The van der Waals surface area contributed by atoms with Gasteiger partial charge < -0.3 is 25.0 Å². The zero-order valence-electron chi connectivity index (χ0n) is 14.9. The predicted octanol–water partition coefficient (Wildman–Crippen LogP) is -0.336. The molecular formula is C18H21N3O6. The molecule has 1 rings (SSSR count). The number of benzene rings is 1. The molecule has 0 fully saturated rings. The van der Waals surface area contributed by atoms with Gasteiger partial charge in [0.05, 0.1) is 13.7 Å². The molecule has 0 aliphatic rings. The van der Waals surface area contributed by atoms with Crippen LogP contribution in [0.3, 0.4) is 0 Å². The fourth-order valence-electron chi connectivity index (χ4n) is 1.85. The van der Waals surface area contributed by atoms with E-state index in [1.807, 2.05) is 18.2 Å². The number of alkyl carbamates (subject to hydrolysis) is 1. The van der Waals surface area contributed by atoms with Crippen molar-refractivity contribution in [2.45, 2.75) is 6.61 Å². The van der Waals surface area contributed by atoms with Gasteiger partial charge in [-0.05, 0) is 5.56 Å². The lowest BCUT2D eigenvalue weighted by Crippen LogP contribution is -2.46. The molecule has 144 valence electrons. The Morgan fingerprint density at radius 3 is 2.44 bits per heavy atom. The van der Waals surface area contributed by atoms with Crippen LogP contribution in [-0.4, -0.2) is 62.1 Å². The van der Waals surface area contributed by atoms with Crippen LogP contribution in [0.4, 0.5) is 4.79 Å². The zero-order valence-corrected chi connectivity index (χ0v) is 14.9. The van der Waals surface area contributed by atoms with Gasteiger partial charge in [-0.1, -0.05) is 36.3 Å². The lowest BCUT2D eigenvalue weighted by atomic mass is 10.2. The first kappa shape index (κ1) is 21.5. The second kappa shape index (κ2) is 11.9. The predicted molar refractivity (Wildman–Crippen MR) is 95.1 cm³/mol. The quantitative estimate of drug-likeness (QED) is 0.451. The maximum absolute atomic E-state index is 12.1. The molecule has 0 heterocycles. The summed E-state index contributed by atoms with van der Waals surface area (Å²) in [5.41, 5.74) is 0.801. The first-order valence-corrected chi connectivity index (χ1v) is 7.95. The van der Waals surface area contributed by atoms with E-state index in [9.17, 15) is 19.2 Å². The average molecular weight is 375 g/mol. The summed E-state index contributed by atoms with van der Waals surface area (Å²) in [6.45, 7) is -1.14. The van der Waals surface area contributed by atoms with Crippen molar-refractivity contribution in [2.24, 2.45) is 0 Å². The van der Waals surface area contributed by atoms with Gasteiger partial charge in [0.2, 0.25) is 11.8 Å². The van der Waals surface area contributed by atoms with Crippen LogP contribution in [-0.2, 0) is 30.5 Å². The number of rotatable bonds is 9. The maximum Gasteiger partial charge on any atom is 0.407 e. The number of methoxy groups -OCH3 is 1. The molecule has 0 radical (unpaired) electrons. The van der Waals surface area contributed by atoms with E-state index in [0.29, 0.717) is 0 Å². The molecule has 27 heavy (non-hydrogen) atoms. The number of nitrogens with one attached hydrogen (secondary N) is 2. The smallest absolute Gasteiger partial charge is 0.407 e. The third kappa shape index (κ3) is 8.92. The molecular weight excluding hydrogens is 354 g/mol. The van der Waals surface area contributed by atoms with Crippen molar-refractivity contribution in [2.75, 3.05) is 33.3 Å². The third-order valence-corrected chi connectivity index (χ3v) is 3.22. The Morgan fingerprint density at radius 2 is 1.81 bits per heavy atom. The van der Waals surface area contributed by atoms with Gasteiger partial charge in [0.1, 0.15) is 26.2 Å². The molecule has 0 aliphatic heterocycles.